The highest BCUT2D eigenvalue weighted by atomic mass is 31.2. The highest BCUT2D eigenvalue weighted by molar-refractivity contribution is 7.45. The van der Waals surface area contributed by atoms with E-state index in [2.05, 4.69) is 92.1 Å². The van der Waals surface area contributed by atoms with E-state index in [9.17, 15) is 19.4 Å². The molecule has 3 unspecified atom stereocenters. The number of unbranched alkanes of at least 4 members (excludes halogenated alkanes) is 22. The van der Waals surface area contributed by atoms with E-state index in [1.165, 1.54) is 116 Å². The number of phosphoric acid groups is 1. The van der Waals surface area contributed by atoms with Gasteiger partial charge in [-0.25, -0.2) is 0 Å². The van der Waals surface area contributed by atoms with Gasteiger partial charge < -0.3 is 28.8 Å². The molecule has 0 aliphatic carbocycles. The van der Waals surface area contributed by atoms with Crippen molar-refractivity contribution in [1.82, 2.24) is 5.32 Å². The molecule has 0 fully saturated rings. The molecule has 3 atom stereocenters. The Balaban J connectivity index is 3.89. The maximum atomic E-state index is 12.9. The Bertz CT molecular complexity index is 1270. The Morgan fingerprint density at radius 2 is 0.953 bits per heavy atom. The molecule has 372 valence electrons. The van der Waals surface area contributed by atoms with Gasteiger partial charge in [0, 0.05) is 6.42 Å². The van der Waals surface area contributed by atoms with Gasteiger partial charge >= 0.3 is 0 Å². The van der Waals surface area contributed by atoms with Crippen LogP contribution in [0.4, 0.5) is 0 Å². The van der Waals surface area contributed by atoms with Crippen molar-refractivity contribution in [3.63, 3.8) is 0 Å². The molecule has 64 heavy (non-hydrogen) atoms. The van der Waals surface area contributed by atoms with E-state index in [1.807, 2.05) is 21.1 Å². The van der Waals surface area contributed by atoms with Gasteiger partial charge in [0.25, 0.3) is 7.82 Å². The molecule has 0 radical (unpaired) electrons. The number of likely N-dealkylation sites (N-methyl/N-ethyl adjacent to an activating group) is 1. The van der Waals surface area contributed by atoms with E-state index in [0.717, 1.165) is 77.0 Å². The first-order chi connectivity index (χ1) is 31.0. The number of carbonyl (C=O) groups is 1. The Morgan fingerprint density at radius 1 is 0.562 bits per heavy atom. The van der Waals surface area contributed by atoms with Crippen LogP contribution in [0, 0.1) is 0 Å². The molecule has 0 saturated heterocycles. The Kier molecular flexibility index (Phi) is 44.6. The highest BCUT2D eigenvalue weighted by Crippen LogP contribution is 2.38. The molecular formula is C55H101N2O6P. The molecule has 8 nitrogen and oxygen atoms in total. The number of aliphatic hydroxyl groups excluding tert-OH is 1. The zero-order valence-corrected chi connectivity index (χ0v) is 43.1. The first-order valence-corrected chi connectivity index (χ1v) is 27.7. The average molecular weight is 917 g/mol. The molecular weight excluding hydrogens is 816 g/mol. The standard InChI is InChI=1S/C55H101N2O6P/c1-6-8-10-12-14-15-16-17-18-19-20-21-22-23-24-25-26-27-28-29-30-31-32-33-34-35-36-37-38-39-40-41-43-45-47-49-55(59)56-53(54(58)48-46-44-42-13-11-9-7-2)52-63-64(60,61)62-51-50-57(3,4)5/h8,10,14-15,17-18,20-21,23-24,26-27,53-54,58H,6-7,9,11-13,16,19,22,25,28-52H2,1-5H3,(H-,56,59,60,61)/b10-8-,15-14-,18-17-,21-20-,24-23-,27-26-. The minimum Gasteiger partial charge on any atom is -0.756 e. The molecule has 2 N–H and O–H groups in total. The Morgan fingerprint density at radius 3 is 1.39 bits per heavy atom. The molecule has 0 rings (SSSR count). The van der Waals surface area contributed by atoms with Crippen LogP contribution < -0.4 is 10.2 Å². The molecule has 0 saturated carbocycles. The van der Waals surface area contributed by atoms with Crippen molar-refractivity contribution in [3.8, 4) is 0 Å². The number of aliphatic hydroxyl groups is 1. The van der Waals surface area contributed by atoms with Gasteiger partial charge in [-0.15, -0.1) is 0 Å². The molecule has 0 heterocycles. The number of rotatable bonds is 47. The highest BCUT2D eigenvalue weighted by Gasteiger charge is 2.24. The number of hydrogen-bond acceptors (Lipinski definition) is 6. The third-order valence-corrected chi connectivity index (χ3v) is 12.4. The topological polar surface area (TPSA) is 108 Å². The van der Waals surface area contributed by atoms with E-state index in [4.69, 9.17) is 9.05 Å². The normalized spacial score (nSPS) is 14.7. The number of nitrogens with one attached hydrogen (secondary N) is 1. The first-order valence-electron chi connectivity index (χ1n) is 26.3. The van der Waals surface area contributed by atoms with Crippen LogP contribution >= 0.6 is 7.82 Å². The van der Waals surface area contributed by atoms with Crippen molar-refractivity contribution >= 4 is 13.7 Å². The number of nitrogens with zero attached hydrogens (tertiary/aromatic N) is 1. The smallest absolute Gasteiger partial charge is 0.268 e. The second kappa shape index (κ2) is 46.1. The van der Waals surface area contributed by atoms with Gasteiger partial charge in [-0.05, 0) is 64.2 Å². The summed E-state index contributed by atoms with van der Waals surface area (Å²) in [6, 6.07) is -0.799. The van der Waals surface area contributed by atoms with Crippen LogP contribution in [0.5, 0.6) is 0 Å². The fourth-order valence-corrected chi connectivity index (χ4v) is 8.06. The zero-order valence-electron chi connectivity index (χ0n) is 42.2. The number of quaternary nitrogens is 1. The quantitative estimate of drug-likeness (QED) is 0.0272. The van der Waals surface area contributed by atoms with Crippen molar-refractivity contribution in [2.45, 2.75) is 231 Å². The van der Waals surface area contributed by atoms with Gasteiger partial charge in [-0.3, -0.25) is 9.36 Å². The maximum Gasteiger partial charge on any atom is 0.268 e. The second-order valence-corrected chi connectivity index (χ2v) is 20.3. The largest absolute Gasteiger partial charge is 0.756 e. The molecule has 0 aromatic carbocycles. The van der Waals surface area contributed by atoms with Crippen LogP contribution in [0.1, 0.15) is 219 Å². The molecule has 0 aromatic heterocycles. The monoisotopic (exact) mass is 917 g/mol. The van der Waals surface area contributed by atoms with Crippen LogP contribution in [0.3, 0.4) is 0 Å². The van der Waals surface area contributed by atoms with Crippen molar-refractivity contribution < 1.29 is 32.9 Å². The van der Waals surface area contributed by atoms with Crippen LogP contribution in [0.15, 0.2) is 72.9 Å². The maximum absolute atomic E-state index is 12.9. The molecule has 0 bridgehead atoms. The van der Waals surface area contributed by atoms with Gasteiger partial charge in [0.15, 0.2) is 0 Å². The molecule has 0 aromatic rings. The summed E-state index contributed by atoms with van der Waals surface area (Å²) in [5, 5.41) is 13.8. The lowest BCUT2D eigenvalue weighted by Gasteiger charge is -2.30. The van der Waals surface area contributed by atoms with Crippen molar-refractivity contribution in [1.29, 1.82) is 0 Å². The van der Waals surface area contributed by atoms with Crippen LogP contribution in [-0.4, -0.2) is 68.5 Å². The van der Waals surface area contributed by atoms with Crippen molar-refractivity contribution in [2.24, 2.45) is 0 Å². The minimum atomic E-state index is -4.56. The number of carbonyl (C=O) groups excluding carboxylic acids is 1. The molecule has 0 aliphatic rings. The summed E-state index contributed by atoms with van der Waals surface area (Å²) < 4.78 is 23.2. The summed E-state index contributed by atoms with van der Waals surface area (Å²) in [4.78, 5) is 25.3. The first kappa shape index (κ1) is 61.9. The van der Waals surface area contributed by atoms with E-state index in [-0.39, 0.29) is 19.1 Å². The molecule has 0 spiro atoms. The second-order valence-electron chi connectivity index (χ2n) is 18.9. The number of hydrogen-bond donors (Lipinski definition) is 2. The SMILES string of the molecule is CC/C=C\C/C=C\C/C=C\C/C=C\C/C=C\C/C=C\CCCCCCCCCCCCCCCCCCC(=O)NC(COP(=O)([O-])OCC[N+](C)(C)C)C(O)CCCCCCCCC. The Labute approximate surface area is 395 Å². The van der Waals surface area contributed by atoms with E-state index < -0.39 is 20.0 Å². The van der Waals surface area contributed by atoms with Gasteiger partial charge in [-0.1, -0.05) is 222 Å². The number of amides is 1. The van der Waals surface area contributed by atoms with Gasteiger partial charge in [-0.2, -0.15) is 0 Å². The summed E-state index contributed by atoms with van der Waals surface area (Å²) in [5.74, 6) is -0.171. The van der Waals surface area contributed by atoms with Gasteiger partial charge in [0.2, 0.25) is 5.91 Å². The van der Waals surface area contributed by atoms with Crippen LogP contribution in [0.25, 0.3) is 0 Å². The van der Waals surface area contributed by atoms with Gasteiger partial charge in [0.05, 0.1) is 39.9 Å². The lowest BCUT2D eigenvalue weighted by Crippen LogP contribution is -2.46. The van der Waals surface area contributed by atoms with Crippen LogP contribution in [0.2, 0.25) is 0 Å². The van der Waals surface area contributed by atoms with E-state index in [1.54, 1.807) is 0 Å². The summed E-state index contributed by atoms with van der Waals surface area (Å²) in [6.07, 6.45) is 62.5. The van der Waals surface area contributed by atoms with Crippen molar-refractivity contribution in [2.75, 3.05) is 40.9 Å². The molecule has 9 heteroatoms. The van der Waals surface area contributed by atoms with Crippen molar-refractivity contribution in [3.05, 3.63) is 72.9 Å². The lowest BCUT2D eigenvalue weighted by molar-refractivity contribution is -0.870. The molecule has 1 amide bonds. The lowest BCUT2D eigenvalue weighted by atomic mass is 10.0. The summed E-state index contributed by atoms with van der Waals surface area (Å²) in [6.45, 7) is 4.55. The summed E-state index contributed by atoms with van der Waals surface area (Å²) >= 11 is 0. The fourth-order valence-electron chi connectivity index (χ4n) is 7.34. The zero-order chi connectivity index (χ0) is 47.1. The Hall–Kier alpha value is -2.06. The average Bonchev–Trinajstić information content (AvgIpc) is 3.25. The predicted octanol–water partition coefficient (Wildman–Crippen LogP) is 14.9. The third-order valence-electron chi connectivity index (χ3n) is 11.5. The number of phosphoric ester groups is 1. The molecule has 0 aliphatic heterocycles. The van der Waals surface area contributed by atoms with Gasteiger partial charge in [0.1, 0.15) is 13.2 Å². The summed E-state index contributed by atoms with van der Waals surface area (Å²) in [7, 11) is 1.30. The summed E-state index contributed by atoms with van der Waals surface area (Å²) in [5.41, 5.74) is 0. The predicted molar refractivity (Wildman–Crippen MR) is 274 cm³/mol. The fraction of sp³-hybridized carbons (Fsp3) is 0.764. The van der Waals surface area contributed by atoms with Crippen LogP contribution in [-0.2, 0) is 18.4 Å². The number of allylic oxidation sites excluding steroid dienone is 12. The van der Waals surface area contributed by atoms with E-state index >= 15 is 0 Å². The third kappa shape index (κ3) is 47.9. The minimum absolute atomic E-state index is 0.0103. The van der Waals surface area contributed by atoms with E-state index in [0.29, 0.717) is 23.9 Å².